The van der Waals surface area contributed by atoms with Crippen LogP contribution in [0.1, 0.15) is 19.3 Å². The minimum Gasteiger partial charge on any atom is -0.371 e. The zero-order chi connectivity index (χ0) is 22.7. The van der Waals surface area contributed by atoms with E-state index in [-0.39, 0.29) is 29.0 Å². The Morgan fingerprint density at radius 1 is 1.06 bits per heavy atom. The summed E-state index contributed by atoms with van der Waals surface area (Å²) in [5.74, 6) is -0.311. The first-order valence-corrected chi connectivity index (χ1v) is 13.1. The van der Waals surface area contributed by atoms with Gasteiger partial charge >= 0.3 is 0 Å². The molecule has 0 unspecified atom stereocenters. The van der Waals surface area contributed by atoms with Gasteiger partial charge in [-0.2, -0.15) is 0 Å². The van der Waals surface area contributed by atoms with E-state index in [2.05, 4.69) is 25.8 Å². The average Bonchev–Trinajstić information content (AvgIpc) is 2.82. The molecular weight excluding hydrogens is 490 g/mol. The maximum Gasteiger partial charge on any atom is 0.223 e. The van der Waals surface area contributed by atoms with Crippen molar-refractivity contribution in [3.05, 3.63) is 65.4 Å². The number of piperidine rings is 1. The fraction of sp³-hybridized carbons (Fsp3) is 0.333. The lowest BCUT2D eigenvalue weighted by Crippen LogP contribution is -2.46. The van der Waals surface area contributed by atoms with E-state index >= 15 is 0 Å². The Kier molecular flexibility index (Phi) is 6.81. The number of anilines is 1. The van der Waals surface area contributed by atoms with Crippen LogP contribution >= 0.6 is 15.9 Å². The van der Waals surface area contributed by atoms with Crippen LogP contribution in [0.15, 0.2) is 70.3 Å². The molecule has 2 heterocycles. The maximum atomic E-state index is 12.9. The number of pyridine rings is 1. The molecule has 3 aromatic rings. The molecule has 1 amide bonds. The highest BCUT2D eigenvalue weighted by Crippen LogP contribution is 2.25. The fourth-order valence-corrected chi connectivity index (χ4v) is 5.81. The summed E-state index contributed by atoms with van der Waals surface area (Å²) in [5, 5.41) is 1.82. The zero-order valence-corrected chi connectivity index (χ0v) is 20.3. The summed E-state index contributed by atoms with van der Waals surface area (Å²) >= 11 is 3.43. The van der Waals surface area contributed by atoms with Crippen molar-refractivity contribution in [2.24, 2.45) is 0 Å². The lowest BCUT2D eigenvalue weighted by atomic mass is 10.0. The van der Waals surface area contributed by atoms with Gasteiger partial charge in [0.15, 0.2) is 9.84 Å². The number of nitrogens with zero attached hydrogens (tertiary/aromatic N) is 3. The predicted molar refractivity (Wildman–Crippen MR) is 131 cm³/mol. The molecule has 168 valence electrons. The van der Waals surface area contributed by atoms with Crippen molar-refractivity contribution < 1.29 is 13.2 Å². The third-order valence-electron chi connectivity index (χ3n) is 6.15. The molecule has 0 atom stereocenters. The van der Waals surface area contributed by atoms with Crippen LogP contribution in [0.4, 0.5) is 5.69 Å². The van der Waals surface area contributed by atoms with Crippen LogP contribution in [0.25, 0.3) is 10.8 Å². The molecule has 8 heteroatoms. The standard InChI is InChI=1S/C24H26BrN3O3S/c1-27(21-8-13-28(14-9-21)22-6-11-26-12-7-22)24(29)10-15-32(30,31)23-5-3-18-16-20(25)4-2-19(18)17-23/h2-7,11-12,16-17,21H,8-10,13-15H2,1H3. The van der Waals surface area contributed by atoms with Gasteiger partial charge in [0.25, 0.3) is 0 Å². The molecule has 4 rings (SSSR count). The van der Waals surface area contributed by atoms with Crippen LogP contribution in [-0.2, 0) is 14.6 Å². The van der Waals surface area contributed by atoms with Gasteiger partial charge in [0, 0.05) is 55.2 Å². The van der Waals surface area contributed by atoms with Gasteiger partial charge in [0.2, 0.25) is 5.91 Å². The van der Waals surface area contributed by atoms with Crippen molar-refractivity contribution in [1.82, 2.24) is 9.88 Å². The third kappa shape index (κ3) is 5.13. The van der Waals surface area contributed by atoms with E-state index < -0.39 is 9.84 Å². The zero-order valence-electron chi connectivity index (χ0n) is 17.9. The molecule has 1 aliphatic heterocycles. The summed E-state index contributed by atoms with van der Waals surface area (Å²) in [7, 11) is -1.75. The van der Waals surface area contributed by atoms with Gasteiger partial charge in [-0.05, 0) is 60.0 Å². The molecule has 32 heavy (non-hydrogen) atoms. The van der Waals surface area contributed by atoms with Crippen LogP contribution in [0.2, 0.25) is 0 Å². The first-order valence-electron chi connectivity index (χ1n) is 10.7. The number of sulfone groups is 1. The maximum absolute atomic E-state index is 12.9. The van der Waals surface area contributed by atoms with Crippen LogP contribution < -0.4 is 4.90 Å². The predicted octanol–water partition coefficient (Wildman–Crippen LogP) is 4.29. The molecular formula is C24H26BrN3O3S. The van der Waals surface area contributed by atoms with Crippen LogP contribution in [0.3, 0.4) is 0 Å². The topological polar surface area (TPSA) is 70.6 Å². The molecule has 1 aromatic heterocycles. The van der Waals surface area contributed by atoms with Crippen molar-refractivity contribution in [3.63, 3.8) is 0 Å². The molecule has 0 aliphatic carbocycles. The highest BCUT2D eigenvalue weighted by atomic mass is 79.9. The van der Waals surface area contributed by atoms with E-state index in [1.54, 1.807) is 42.5 Å². The van der Waals surface area contributed by atoms with Gasteiger partial charge in [-0.15, -0.1) is 0 Å². The normalized spacial score (nSPS) is 15.1. The second-order valence-corrected chi connectivity index (χ2v) is 11.2. The number of carbonyl (C=O) groups excluding carboxylic acids is 1. The summed E-state index contributed by atoms with van der Waals surface area (Å²) in [6.45, 7) is 1.72. The Balaban J connectivity index is 1.34. The molecule has 0 bridgehead atoms. The van der Waals surface area contributed by atoms with Crippen LogP contribution in [0.5, 0.6) is 0 Å². The third-order valence-corrected chi connectivity index (χ3v) is 8.36. The monoisotopic (exact) mass is 515 g/mol. The Labute approximate surface area is 197 Å². The van der Waals surface area contributed by atoms with Crippen LogP contribution in [-0.4, -0.2) is 56.1 Å². The Bertz CT molecular complexity index is 1210. The van der Waals surface area contributed by atoms with Crippen molar-refractivity contribution >= 4 is 48.1 Å². The Morgan fingerprint density at radius 2 is 1.72 bits per heavy atom. The van der Waals surface area contributed by atoms with Crippen molar-refractivity contribution in [3.8, 4) is 0 Å². The number of aromatic nitrogens is 1. The first kappa shape index (κ1) is 22.7. The van der Waals surface area contributed by atoms with Crippen molar-refractivity contribution in [2.75, 3.05) is 30.8 Å². The van der Waals surface area contributed by atoms with Gasteiger partial charge in [0.05, 0.1) is 10.6 Å². The molecule has 0 N–H and O–H groups in total. The minimum absolute atomic E-state index is 0.0121. The SMILES string of the molecule is CN(C(=O)CCS(=O)(=O)c1ccc2cc(Br)ccc2c1)C1CCN(c2ccncc2)CC1. The first-order chi connectivity index (χ1) is 15.3. The average molecular weight is 516 g/mol. The molecule has 0 radical (unpaired) electrons. The summed E-state index contributed by atoms with van der Waals surface area (Å²) in [4.78, 5) is 21.1. The second kappa shape index (κ2) is 9.58. The molecule has 0 spiro atoms. The number of rotatable bonds is 6. The molecule has 6 nitrogen and oxygen atoms in total. The number of fused-ring (bicyclic) bond motifs is 1. The van der Waals surface area contributed by atoms with E-state index in [1.807, 2.05) is 30.3 Å². The Hall–Kier alpha value is -2.45. The summed E-state index contributed by atoms with van der Waals surface area (Å²) in [6.07, 6.45) is 5.27. The number of halogens is 1. The highest BCUT2D eigenvalue weighted by molar-refractivity contribution is 9.10. The molecule has 2 aromatic carbocycles. The quantitative estimate of drug-likeness (QED) is 0.489. The summed E-state index contributed by atoms with van der Waals surface area (Å²) < 4.78 is 26.7. The fourth-order valence-electron chi connectivity index (χ4n) is 4.17. The highest BCUT2D eigenvalue weighted by Gasteiger charge is 2.26. The van der Waals surface area contributed by atoms with Gasteiger partial charge < -0.3 is 9.80 Å². The summed E-state index contributed by atoms with van der Waals surface area (Å²) in [6, 6.07) is 14.9. The van der Waals surface area contributed by atoms with Gasteiger partial charge in [-0.3, -0.25) is 9.78 Å². The number of hydrogen-bond donors (Lipinski definition) is 0. The second-order valence-electron chi connectivity index (χ2n) is 8.15. The lowest BCUT2D eigenvalue weighted by molar-refractivity contribution is -0.131. The van der Waals surface area contributed by atoms with Crippen molar-refractivity contribution in [1.29, 1.82) is 0 Å². The lowest BCUT2D eigenvalue weighted by Gasteiger charge is -2.37. The van der Waals surface area contributed by atoms with Gasteiger partial charge in [-0.25, -0.2) is 8.42 Å². The van der Waals surface area contributed by atoms with Gasteiger partial charge in [-0.1, -0.05) is 28.1 Å². The van der Waals surface area contributed by atoms with Crippen molar-refractivity contribution in [2.45, 2.75) is 30.2 Å². The van der Waals surface area contributed by atoms with E-state index in [1.165, 1.54) is 0 Å². The van der Waals surface area contributed by atoms with Gasteiger partial charge in [0.1, 0.15) is 0 Å². The summed E-state index contributed by atoms with van der Waals surface area (Å²) in [5.41, 5.74) is 1.14. The molecule has 1 aliphatic rings. The number of benzene rings is 2. The van der Waals surface area contributed by atoms with E-state index in [9.17, 15) is 13.2 Å². The molecule has 1 fully saturated rings. The van der Waals surface area contributed by atoms with Crippen LogP contribution in [0, 0.1) is 0 Å². The Morgan fingerprint density at radius 3 is 2.44 bits per heavy atom. The van der Waals surface area contributed by atoms with E-state index in [4.69, 9.17) is 0 Å². The largest absolute Gasteiger partial charge is 0.371 e. The van der Waals surface area contributed by atoms with E-state index in [0.29, 0.717) is 0 Å². The minimum atomic E-state index is -3.54. The van der Waals surface area contributed by atoms with E-state index in [0.717, 1.165) is 46.9 Å². The molecule has 1 saturated heterocycles. The smallest absolute Gasteiger partial charge is 0.223 e. The number of amides is 1. The number of hydrogen-bond acceptors (Lipinski definition) is 5. The molecule has 0 saturated carbocycles. The number of carbonyl (C=O) groups is 1.